The number of ether oxygens (including phenoxy) is 1. The number of nitrogens with one attached hydrogen (secondary N) is 1. The van der Waals surface area contributed by atoms with E-state index in [-0.39, 0.29) is 35.5 Å². The number of hydrogen-bond acceptors (Lipinski definition) is 5. The van der Waals surface area contributed by atoms with Gasteiger partial charge in [0.05, 0.1) is 4.90 Å². The summed E-state index contributed by atoms with van der Waals surface area (Å²) in [5.41, 5.74) is 1.54. The van der Waals surface area contributed by atoms with Crippen LogP contribution in [0.25, 0.3) is 0 Å². The Morgan fingerprint density at radius 2 is 1.68 bits per heavy atom. The summed E-state index contributed by atoms with van der Waals surface area (Å²) >= 11 is 0. The molecule has 0 saturated carbocycles. The van der Waals surface area contributed by atoms with Gasteiger partial charge in [0.1, 0.15) is 11.9 Å². The number of rotatable bonds is 14. The Morgan fingerprint density at radius 1 is 1.05 bits per heavy atom. The number of carbonyl (C=O) groups is 2. The molecule has 0 radical (unpaired) electrons. The van der Waals surface area contributed by atoms with Gasteiger partial charge in [0, 0.05) is 45.8 Å². The number of halogens is 1. The summed E-state index contributed by atoms with van der Waals surface area (Å²) in [7, 11) is -3.49. The van der Waals surface area contributed by atoms with E-state index >= 15 is 0 Å². The van der Waals surface area contributed by atoms with Crippen LogP contribution in [-0.2, 0) is 37.3 Å². The van der Waals surface area contributed by atoms with Crippen molar-refractivity contribution < 1.29 is 27.1 Å². The first-order chi connectivity index (χ1) is 18.2. The highest BCUT2D eigenvalue weighted by atomic mass is 32.2. The van der Waals surface area contributed by atoms with E-state index in [0.29, 0.717) is 51.3 Å². The highest BCUT2D eigenvalue weighted by molar-refractivity contribution is 7.89. The van der Waals surface area contributed by atoms with Crippen LogP contribution in [0.4, 0.5) is 4.39 Å². The molecule has 38 heavy (non-hydrogen) atoms. The molecule has 0 aromatic heterocycles. The Bertz CT molecular complexity index is 1150. The Balaban J connectivity index is 1.64. The summed E-state index contributed by atoms with van der Waals surface area (Å²) in [6.07, 6.45) is 2.95. The van der Waals surface area contributed by atoms with Crippen molar-refractivity contribution >= 4 is 21.8 Å². The molecule has 1 saturated heterocycles. The molecule has 2 amide bonds. The summed E-state index contributed by atoms with van der Waals surface area (Å²) in [6.45, 7) is 6.43. The molecular weight excluding hydrogens is 509 g/mol. The molecule has 1 unspecified atom stereocenters. The Kier molecular flexibility index (Phi) is 11.2. The number of aryl methyl sites for hydroxylation is 1. The summed E-state index contributed by atoms with van der Waals surface area (Å²) in [6, 6.07) is 11.8. The number of hydrogen-bond donors (Lipinski definition) is 1. The highest BCUT2D eigenvalue weighted by Gasteiger charge is 2.28. The zero-order chi connectivity index (χ0) is 27.5. The molecule has 1 aliphatic heterocycles. The van der Waals surface area contributed by atoms with Crippen LogP contribution in [-0.4, -0.2) is 68.3 Å². The zero-order valence-corrected chi connectivity index (χ0v) is 23.0. The molecule has 1 aliphatic rings. The number of amides is 2. The molecule has 0 aliphatic carbocycles. The average molecular weight is 548 g/mol. The van der Waals surface area contributed by atoms with Crippen LogP contribution in [0.2, 0.25) is 0 Å². The minimum atomic E-state index is -3.49. The van der Waals surface area contributed by atoms with Crippen molar-refractivity contribution in [1.29, 1.82) is 0 Å². The van der Waals surface area contributed by atoms with Crippen molar-refractivity contribution in [3.05, 3.63) is 65.5 Å². The predicted molar refractivity (Wildman–Crippen MR) is 143 cm³/mol. The average Bonchev–Trinajstić information content (AvgIpc) is 3.47. The lowest BCUT2D eigenvalue weighted by Gasteiger charge is -2.29. The van der Waals surface area contributed by atoms with E-state index in [4.69, 9.17) is 4.74 Å². The van der Waals surface area contributed by atoms with Gasteiger partial charge in [0.15, 0.2) is 0 Å². The van der Waals surface area contributed by atoms with Gasteiger partial charge in [-0.25, -0.2) is 12.8 Å². The second-order valence-corrected chi connectivity index (χ2v) is 11.4. The maximum absolute atomic E-state index is 13.4. The lowest BCUT2D eigenvalue weighted by molar-refractivity contribution is -0.140. The van der Waals surface area contributed by atoms with Gasteiger partial charge in [-0.15, -0.1) is 0 Å². The van der Waals surface area contributed by atoms with Crippen LogP contribution in [0.5, 0.6) is 0 Å². The van der Waals surface area contributed by atoms with Crippen LogP contribution in [0, 0.1) is 5.82 Å². The fraction of sp³-hybridized carbons (Fsp3) is 0.500. The van der Waals surface area contributed by atoms with Crippen molar-refractivity contribution in [2.24, 2.45) is 0 Å². The van der Waals surface area contributed by atoms with Gasteiger partial charge in [-0.2, -0.15) is 4.31 Å². The van der Waals surface area contributed by atoms with Crippen molar-refractivity contribution in [2.75, 3.05) is 32.8 Å². The number of sulfonamides is 1. The van der Waals surface area contributed by atoms with Crippen LogP contribution in [0.15, 0.2) is 53.4 Å². The lowest BCUT2D eigenvalue weighted by Crippen LogP contribution is -2.48. The summed E-state index contributed by atoms with van der Waals surface area (Å²) < 4.78 is 45.7. The van der Waals surface area contributed by atoms with Crippen LogP contribution < -0.4 is 5.32 Å². The second-order valence-electron chi connectivity index (χ2n) is 9.42. The summed E-state index contributed by atoms with van der Waals surface area (Å²) in [4.78, 5) is 27.9. The molecule has 1 fully saturated rings. The van der Waals surface area contributed by atoms with Gasteiger partial charge >= 0.3 is 0 Å². The van der Waals surface area contributed by atoms with Crippen molar-refractivity contribution in [3.8, 4) is 0 Å². The topological polar surface area (TPSA) is 96.0 Å². The molecule has 2 aromatic rings. The second kappa shape index (κ2) is 14.4. The maximum atomic E-state index is 13.4. The minimum Gasteiger partial charge on any atom is -0.382 e. The molecule has 1 atom stereocenters. The molecule has 8 nitrogen and oxygen atoms in total. The third kappa shape index (κ3) is 8.34. The van der Waals surface area contributed by atoms with E-state index in [9.17, 15) is 22.4 Å². The molecular formula is C28H38FN3O5S. The van der Waals surface area contributed by atoms with Crippen LogP contribution >= 0.6 is 0 Å². The van der Waals surface area contributed by atoms with Gasteiger partial charge in [-0.1, -0.05) is 24.3 Å². The number of nitrogens with zero attached hydrogens (tertiary/aromatic N) is 2. The summed E-state index contributed by atoms with van der Waals surface area (Å²) in [5, 5.41) is 2.86. The van der Waals surface area contributed by atoms with Crippen LogP contribution in [0.3, 0.4) is 0 Å². The fourth-order valence-corrected chi connectivity index (χ4v) is 5.86. The zero-order valence-electron chi connectivity index (χ0n) is 22.2. The van der Waals surface area contributed by atoms with Crippen molar-refractivity contribution in [2.45, 2.75) is 63.4 Å². The van der Waals surface area contributed by atoms with E-state index in [2.05, 4.69) is 5.32 Å². The van der Waals surface area contributed by atoms with Crippen molar-refractivity contribution in [1.82, 2.24) is 14.5 Å². The first-order valence-electron chi connectivity index (χ1n) is 13.2. The molecule has 1 heterocycles. The third-order valence-corrected chi connectivity index (χ3v) is 8.57. The number of carbonyl (C=O) groups excluding carboxylic acids is 2. The van der Waals surface area contributed by atoms with E-state index in [1.165, 1.54) is 21.3 Å². The van der Waals surface area contributed by atoms with Crippen molar-refractivity contribution in [3.63, 3.8) is 0 Å². The van der Waals surface area contributed by atoms with Gasteiger partial charge in [-0.05, 0) is 74.9 Å². The normalized spacial score (nSPS) is 14.8. The molecule has 0 spiro atoms. The maximum Gasteiger partial charge on any atom is 0.243 e. The molecule has 10 heteroatoms. The Labute approximate surface area is 225 Å². The van der Waals surface area contributed by atoms with E-state index < -0.39 is 16.1 Å². The lowest BCUT2D eigenvalue weighted by atomic mass is 10.1. The molecule has 1 N–H and O–H groups in total. The monoisotopic (exact) mass is 547 g/mol. The molecule has 2 aromatic carbocycles. The predicted octanol–water partition coefficient (Wildman–Crippen LogP) is 3.50. The summed E-state index contributed by atoms with van der Waals surface area (Å²) in [5.74, 6) is -0.865. The van der Waals surface area contributed by atoms with Gasteiger partial charge < -0.3 is 15.0 Å². The Hall–Kier alpha value is -2.82. The first-order valence-corrected chi connectivity index (χ1v) is 14.6. The van der Waals surface area contributed by atoms with Gasteiger partial charge in [-0.3, -0.25) is 9.59 Å². The SMILES string of the molecule is CCOCCCNC(=O)C(C)N(Cc1ccc(F)cc1)C(=O)CCc1ccc(S(=O)(=O)N2CCCC2)cc1. The molecule has 208 valence electrons. The van der Waals surface area contributed by atoms with E-state index in [0.717, 1.165) is 18.4 Å². The van der Waals surface area contributed by atoms with Gasteiger partial charge in [0.2, 0.25) is 21.8 Å². The van der Waals surface area contributed by atoms with E-state index in [1.807, 2.05) is 6.92 Å². The largest absolute Gasteiger partial charge is 0.382 e. The standard InChI is InChI=1S/C28H38FN3O5S/c1-3-37-20-6-17-30-28(34)22(2)32(21-24-7-12-25(29)13-8-24)27(33)16-11-23-9-14-26(15-10-23)38(35,36)31-18-4-5-19-31/h7-10,12-15,22H,3-6,11,16-21H2,1-2H3,(H,30,34). The fourth-order valence-electron chi connectivity index (χ4n) is 4.35. The van der Waals surface area contributed by atoms with E-state index in [1.54, 1.807) is 43.3 Å². The minimum absolute atomic E-state index is 0.140. The third-order valence-electron chi connectivity index (χ3n) is 6.66. The van der Waals surface area contributed by atoms with Crippen LogP contribution in [0.1, 0.15) is 50.7 Å². The first kappa shape index (κ1) is 29.7. The number of benzene rings is 2. The molecule has 0 bridgehead atoms. The smallest absolute Gasteiger partial charge is 0.243 e. The highest BCUT2D eigenvalue weighted by Crippen LogP contribution is 2.22. The van der Waals surface area contributed by atoms with Gasteiger partial charge in [0.25, 0.3) is 0 Å². The quantitative estimate of drug-likeness (QED) is 0.365. The Morgan fingerprint density at radius 3 is 2.32 bits per heavy atom. The molecule has 3 rings (SSSR count).